The van der Waals surface area contributed by atoms with E-state index in [0.717, 1.165) is 5.69 Å². The van der Waals surface area contributed by atoms with Crippen molar-refractivity contribution in [2.45, 2.75) is 12.8 Å². The van der Waals surface area contributed by atoms with Gasteiger partial charge in [-0.15, -0.1) is 0 Å². The number of carbonyl (C=O) groups is 1. The first kappa shape index (κ1) is 12.6. The van der Waals surface area contributed by atoms with E-state index in [2.05, 4.69) is 5.10 Å². The molecule has 0 radical (unpaired) electrons. The van der Waals surface area contributed by atoms with E-state index in [-0.39, 0.29) is 5.78 Å². The molecule has 0 fully saturated rings. The molecule has 1 aromatic heterocycles. The third-order valence-electron chi connectivity index (χ3n) is 2.84. The van der Waals surface area contributed by atoms with Crippen molar-refractivity contribution in [2.24, 2.45) is 7.05 Å². The molecule has 2 N–H and O–H groups in total. The number of hydrogen-bond acceptors (Lipinski definition) is 3. The fraction of sp³-hybridized carbons (Fsp3) is 0.231. The summed E-state index contributed by atoms with van der Waals surface area (Å²) in [7, 11) is 1.86. The minimum absolute atomic E-state index is 0.0189. The molecule has 1 heterocycles. The molecule has 2 aromatic rings. The van der Waals surface area contributed by atoms with Gasteiger partial charge in [-0.05, 0) is 30.7 Å². The lowest BCUT2D eigenvalue weighted by Crippen LogP contribution is -2.07. The van der Waals surface area contributed by atoms with E-state index in [1.165, 1.54) is 0 Å². The molecule has 0 aliphatic heterocycles. The Kier molecular flexibility index (Phi) is 3.67. The van der Waals surface area contributed by atoms with Crippen molar-refractivity contribution in [1.29, 1.82) is 0 Å². The quantitative estimate of drug-likeness (QED) is 0.681. The van der Waals surface area contributed by atoms with Gasteiger partial charge in [-0.3, -0.25) is 9.48 Å². The first-order valence-corrected chi connectivity index (χ1v) is 6.01. The van der Waals surface area contributed by atoms with Gasteiger partial charge in [-0.1, -0.05) is 11.6 Å². The van der Waals surface area contributed by atoms with E-state index in [0.29, 0.717) is 29.1 Å². The van der Waals surface area contributed by atoms with E-state index in [1.54, 1.807) is 29.1 Å². The van der Waals surface area contributed by atoms with Gasteiger partial charge in [0.1, 0.15) is 0 Å². The molecular formula is C13H14ClN3O. The number of benzene rings is 1. The van der Waals surface area contributed by atoms with Crippen LogP contribution in [0.15, 0.2) is 30.5 Å². The van der Waals surface area contributed by atoms with Crippen molar-refractivity contribution in [3.63, 3.8) is 0 Å². The highest BCUT2D eigenvalue weighted by molar-refractivity contribution is 6.31. The summed E-state index contributed by atoms with van der Waals surface area (Å²) in [5.74, 6) is 0.0189. The van der Waals surface area contributed by atoms with Crippen molar-refractivity contribution < 1.29 is 4.79 Å². The molecule has 5 heteroatoms. The zero-order chi connectivity index (χ0) is 13.1. The molecule has 18 heavy (non-hydrogen) atoms. The Bertz CT molecular complexity index is 577. The minimum atomic E-state index is 0.0189. The normalized spacial score (nSPS) is 10.6. The maximum Gasteiger partial charge on any atom is 0.165 e. The smallest absolute Gasteiger partial charge is 0.165 e. The lowest BCUT2D eigenvalue weighted by atomic mass is 10.0. The van der Waals surface area contributed by atoms with Gasteiger partial charge < -0.3 is 5.73 Å². The molecule has 0 aliphatic rings. The van der Waals surface area contributed by atoms with E-state index >= 15 is 0 Å². The number of hydrogen-bond donors (Lipinski definition) is 1. The van der Waals surface area contributed by atoms with Crippen LogP contribution in [-0.2, 0) is 13.5 Å². The second kappa shape index (κ2) is 5.23. The number of anilines is 1. The topological polar surface area (TPSA) is 60.9 Å². The standard InChI is InChI=1S/C13H14ClN3O/c1-17-10(6-7-16-17)3-5-13(18)11-4-2-9(14)8-12(11)15/h2,4,6-8H,3,5,15H2,1H3. The molecule has 0 amide bonds. The Balaban J connectivity index is 2.06. The molecular weight excluding hydrogens is 250 g/mol. The fourth-order valence-electron chi connectivity index (χ4n) is 1.81. The van der Waals surface area contributed by atoms with Crippen molar-refractivity contribution in [3.8, 4) is 0 Å². The predicted molar refractivity (Wildman–Crippen MR) is 71.7 cm³/mol. The number of nitrogen functional groups attached to an aromatic ring is 1. The Morgan fingerprint density at radius 1 is 1.44 bits per heavy atom. The number of carbonyl (C=O) groups excluding carboxylic acids is 1. The maximum atomic E-state index is 12.0. The Hall–Kier alpha value is -1.81. The Morgan fingerprint density at radius 3 is 2.83 bits per heavy atom. The lowest BCUT2D eigenvalue weighted by Gasteiger charge is -2.05. The highest BCUT2D eigenvalue weighted by atomic mass is 35.5. The second-order valence-electron chi connectivity index (χ2n) is 4.10. The number of aryl methyl sites for hydroxylation is 2. The second-order valence-corrected chi connectivity index (χ2v) is 4.54. The van der Waals surface area contributed by atoms with Gasteiger partial charge >= 0.3 is 0 Å². The van der Waals surface area contributed by atoms with E-state index in [9.17, 15) is 4.79 Å². The van der Waals surface area contributed by atoms with E-state index in [4.69, 9.17) is 17.3 Å². The molecule has 0 saturated carbocycles. The van der Waals surface area contributed by atoms with Gasteiger partial charge in [-0.25, -0.2) is 0 Å². The molecule has 0 bridgehead atoms. The van der Waals surface area contributed by atoms with E-state index < -0.39 is 0 Å². The zero-order valence-electron chi connectivity index (χ0n) is 10.1. The fourth-order valence-corrected chi connectivity index (χ4v) is 1.99. The molecule has 94 valence electrons. The summed E-state index contributed by atoms with van der Waals surface area (Å²) >= 11 is 5.80. The third-order valence-corrected chi connectivity index (χ3v) is 3.08. The van der Waals surface area contributed by atoms with Crippen LogP contribution in [0.1, 0.15) is 22.5 Å². The molecule has 0 atom stereocenters. The maximum absolute atomic E-state index is 12.0. The average molecular weight is 264 g/mol. The van der Waals surface area contributed by atoms with Crippen molar-refractivity contribution in [2.75, 3.05) is 5.73 Å². The zero-order valence-corrected chi connectivity index (χ0v) is 10.8. The number of halogens is 1. The van der Waals surface area contributed by atoms with Crippen LogP contribution in [0.5, 0.6) is 0 Å². The van der Waals surface area contributed by atoms with Crippen LogP contribution in [0.3, 0.4) is 0 Å². The minimum Gasteiger partial charge on any atom is -0.398 e. The highest BCUT2D eigenvalue weighted by Gasteiger charge is 2.11. The van der Waals surface area contributed by atoms with E-state index in [1.807, 2.05) is 13.1 Å². The number of Topliss-reactive ketones (excluding diaryl/α,β-unsaturated/α-hetero) is 1. The molecule has 4 nitrogen and oxygen atoms in total. The summed E-state index contributed by atoms with van der Waals surface area (Å²) in [4.78, 5) is 12.0. The van der Waals surface area contributed by atoms with Gasteiger partial charge in [0.05, 0.1) is 0 Å². The van der Waals surface area contributed by atoms with Crippen molar-refractivity contribution in [1.82, 2.24) is 9.78 Å². The lowest BCUT2D eigenvalue weighted by molar-refractivity contribution is 0.0983. The number of nitrogens with two attached hydrogens (primary N) is 1. The SMILES string of the molecule is Cn1nccc1CCC(=O)c1ccc(Cl)cc1N. The third kappa shape index (κ3) is 2.71. The summed E-state index contributed by atoms with van der Waals surface area (Å²) in [5, 5.41) is 4.60. The summed E-state index contributed by atoms with van der Waals surface area (Å²) in [5.41, 5.74) is 7.76. The van der Waals surface area contributed by atoms with Crippen molar-refractivity contribution >= 4 is 23.1 Å². The summed E-state index contributed by atoms with van der Waals surface area (Å²) in [6, 6.07) is 6.84. The number of aromatic nitrogens is 2. The Morgan fingerprint density at radius 2 is 2.22 bits per heavy atom. The average Bonchev–Trinajstić information content (AvgIpc) is 2.72. The largest absolute Gasteiger partial charge is 0.398 e. The number of rotatable bonds is 4. The van der Waals surface area contributed by atoms with Gasteiger partial charge in [-0.2, -0.15) is 5.10 Å². The molecule has 0 aliphatic carbocycles. The molecule has 1 aromatic carbocycles. The van der Waals surface area contributed by atoms with Crippen LogP contribution in [0.25, 0.3) is 0 Å². The number of ketones is 1. The molecule has 2 rings (SSSR count). The van der Waals surface area contributed by atoms with Crippen molar-refractivity contribution in [3.05, 3.63) is 46.7 Å². The Labute approximate surface area is 110 Å². The first-order valence-electron chi connectivity index (χ1n) is 5.63. The van der Waals surface area contributed by atoms with Gasteiger partial charge in [0.15, 0.2) is 5.78 Å². The number of nitrogens with zero attached hydrogens (tertiary/aromatic N) is 2. The van der Waals surface area contributed by atoms with Crippen LogP contribution in [0.4, 0.5) is 5.69 Å². The highest BCUT2D eigenvalue weighted by Crippen LogP contribution is 2.20. The van der Waals surface area contributed by atoms with Crippen LogP contribution < -0.4 is 5.73 Å². The van der Waals surface area contributed by atoms with Gasteiger partial charge in [0.2, 0.25) is 0 Å². The predicted octanol–water partition coefficient (Wildman–Crippen LogP) is 2.47. The van der Waals surface area contributed by atoms with Gasteiger partial charge in [0, 0.05) is 41.6 Å². The van der Waals surface area contributed by atoms with Crippen LogP contribution in [0, 0.1) is 0 Å². The monoisotopic (exact) mass is 263 g/mol. The molecule has 0 spiro atoms. The van der Waals surface area contributed by atoms with Gasteiger partial charge in [0.25, 0.3) is 0 Å². The first-order chi connectivity index (χ1) is 8.58. The molecule has 0 unspecified atom stereocenters. The summed E-state index contributed by atoms with van der Waals surface area (Å²) in [6.07, 6.45) is 2.78. The van der Waals surface area contributed by atoms with Crippen LogP contribution in [-0.4, -0.2) is 15.6 Å². The van der Waals surface area contributed by atoms with Crippen LogP contribution >= 0.6 is 11.6 Å². The molecule has 0 saturated heterocycles. The van der Waals surface area contributed by atoms with Crippen LogP contribution in [0.2, 0.25) is 5.02 Å². The summed E-state index contributed by atoms with van der Waals surface area (Å²) < 4.78 is 1.76. The summed E-state index contributed by atoms with van der Waals surface area (Å²) in [6.45, 7) is 0.